The molecule has 0 unspecified atom stereocenters. The highest BCUT2D eigenvalue weighted by Crippen LogP contribution is 2.22. The second-order valence-electron chi connectivity index (χ2n) is 6.31. The number of carboxylic acids is 1. The predicted octanol–water partition coefficient (Wildman–Crippen LogP) is 3.27. The molecule has 0 bridgehead atoms. The largest absolute Gasteiger partial charge is 0.484 e. The molecule has 1 atom stereocenters. The number of ether oxygens (including phenoxy) is 1. The Morgan fingerprint density at radius 3 is 2.00 bits per heavy atom. The number of nitrogens with one attached hydrogen (secondary N) is 1. The van der Waals surface area contributed by atoms with Gasteiger partial charge >= 0.3 is 5.97 Å². The van der Waals surface area contributed by atoms with Gasteiger partial charge in [-0.05, 0) is 36.1 Å². The van der Waals surface area contributed by atoms with Gasteiger partial charge in [0.25, 0.3) is 5.91 Å². The van der Waals surface area contributed by atoms with Gasteiger partial charge < -0.3 is 15.2 Å². The smallest absolute Gasteiger partial charge is 0.326 e. The van der Waals surface area contributed by atoms with Crippen molar-refractivity contribution in [3.05, 3.63) is 54.1 Å². The van der Waals surface area contributed by atoms with Crippen LogP contribution in [0.2, 0.25) is 0 Å². The first kappa shape index (κ1) is 18.5. The zero-order valence-corrected chi connectivity index (χ0v) is 14.7. The van der Waals surface area contributed by atoms with Crippen molar-refractivity contribution in [1.29, 1.82) is 0 Å². The molecule has 0 saturated heterocycles. The molecule has 0 radical (unpaired) electrons. The fraction of sp³-hybridized carbons (Fsp3) is 0.300. The fourth-order valence-corrected chi connectivity index (χ4v) is 2.37. The summed E-state index contributed by atoms with van der Waals surface area (Å²) in [7, 11) is 0. The first-order valence-electron chi connectivity index (χ1n) is 8.19. The van der Waals surface area contributed by atoms with Crippen molar-refractivity contribution in [2.45, 2.75) is 26.8 Å². The summed E-state index contributed by atoms with van der Waals surface area (Å²) in [6, 6.07) is 14.7. The molecule has 0 spiro atoms. The lowest BCUT2D eigenvalue weighted by atomic mass is 10.0. The molecule has 0 aliphatic rings. The van der Waals surface area contributed by atoms with Gasteiger partial charge in [-0.1, -0.05) is 55.8 Å². The molecule has 0 heterocycles. The molecule has 25 heavy (non-hydrogen) atoms. The predicted molar refractivity (Wildman–Crippen MR) is 96.5 cm³/mol. The van der Waals surface area contributed by atoms with E-state index < -0.39 is 17.9 Å². The lowest BCUT2D eigenvalue weighted by Gasteiger charge is -2.18. The summed E-state index contributed by atoms with van der Waals surface area (Å²) in [6.45, 7) is 5.30. The Morgan fingerprint density at radius 2 is 1.52 bits per heavy atom. The normalized spacial score (nSPS) is 11.8. The van der Waals surface area contributed by atoms with Crippen LogP contribution in [-0.2, 0) is 9.59 Å². The van der Waals surface area contributed by atoms with Crippen LogP contribution in [0.3, 0.4) is 0 Å². The van der Waals surface area contributed by atoms with Crippen LogP contribution in [0.5, 0.6) is 5.75 Å². The van der Waals surface area contributed by atoms with Gasteiger partial charge in [-0.3, -0.25) is 4.79 Å². The first-order valence-corrected chi connectivity index (χ1v) is 8.19. The summed E-state index contributed by atoms with van der Waals surface area (Å²) in [4.78, 5) is 22.9. The summed E-state index contributed by atoms with van der Waals surface area (Å²) in [6.07, 6.45) is 0. The second-order valence-corrected chi connectivity index (χ2v) is 6.31. The lowest BCUT2D eigenvalue weighted by Crippen LogP contribution is -2.46. The summed E-state index contributed by atoms with van der Waals surface area (Å²) in [5.41, 5.74) is 3.37. The molecule has 0 aromatic heterocycles. The van der Waals surface area contributed by atoms with E-state index in [0.29, 0.717) is 5.75 Å². The van der Waals surface area contributed by atoms with Crippen molar-refractivity contribution in [3.63, 3.8) is 0 Å². The van der Waals surface area contributed by atoms with Crippen molar-refractivity contribution in [2.75, 3.05) is 6.61 Å². The number of amides is 1. The topological polar surface area (TPSA) is 75.6 Å². The van der Waals surface area contributed by atoms with Gasteiger partial charge in [0.05, 0.1) is 0 Å². The number of carbonyl (C=O) groups excluding carboxylic acids is 1. The maximum atomic E-state index is 11.9. The monoisotopic (exact) mass is 341 g/mol. The summed E-state index contributed by atoms with van der Waals surface area (Å²) in [5, 5.41) is 11.5. The minimum atomic E-state index is -1.05. The third-order valence-corrected chi connectivity index (χ3v) is 3.86. The molecule has 0 aliphatic heterocycles. The van der Waals surface area contributed by atoms with Gasteiger partial charge in [-0.25, -0.2) is 4.79 Å². The maximum absolute atomic E-state index is 11.9. The third-order valence-electron chi connectivity index (χ3n) is 3.86. The Kier molecular flexibility index (Phi) is 6.17. The number of carbonyl (C=O) groups is 2. The molecule has 2 rings (SSSR count). The Bertz CT molecular complexity index is 720. The van der Waals surface area contributed by atoms with Crippen molar-refractivity contribution < 1.29 is 19.4 Å². The van der Waals surface area contributed by atoms with Gasteiger partial charge in [-0.15, -0.1) is 0 Å². The van der Waals surface area contributed by atoms with Gasteiger partial charge in [0.15, 0.2) is 6.61 Å². The molecule has 2 aromatic rings. The first-order chi connectivity index (χ1) is 11.9. The number of aliphatic carboxylic acids is 1. The minimum absolute atomic E-state index is 0.199. The fourth-order valence-electron chi connectivity index (χ4n) is 2.37. The lowest BCUT2D eigenvalue weighted by molar-refractivity contribution is -0.143. The number of rotatable bonds is 7. The Balaban J connectivity index is 1.92. The van der Waals surface area contributed by atoms with Crippen LogP contribution in [0, 0.1) is 12.8 Å². The molecule has 5 nitrogen and oxygen atoms in total. The van der Waals surface area contributed by atoms with Crippen LogP contribution in [0.15, 0.2) is 48.5 Å². The van der Waals surface area contributed by atoms with Crippen LogP contribution in [0.25, 0.3) is 11.1 Å². The number of hydrogen-bond donors (Lipinski definition) is 2. The number of aryl methyl sites for hydroxylation is 1. The Morgan fingerprint density at radius 1 is 1.00 bits per heavy atom. The van der Waals surface area contributed by atoms with Gasteiger partial charge in [0.1, 0.15) is 11.8 Å². The van der Waals surface area contributed by atoms with E-state index in [4.69, 9.17) is 9.84 Å². The molecule has 2 N–H and O–H groups in total. The average molecular weight is 341 g/mol. The Hall–Kier alpha value is -2.82. The maximum Gasteiger partial charge on any atom is 0.326 e. The summed E-state index contributed by atoms with van der Waals surface area (Å²) in [5.74, 6) is -1.15. The standard InChI is InChI=1S/C20H23NO4/c1-13(2)19(20(23)24)21-18(22)12-25-17-10-8-16(9-11-17)15-6-4-14(3)5-7-15/h4-11,13,19H,12H2,1-3H3,(H,21,22)(H,23,24)/t19-/m1/s1. The molecular formula is C20H23NO4. The van der Waals surface area contributed by atoms with E-state index in [1.54, 1.807) is 26.0 Å². The molecule has 0 saturated carbocycles. The van der Waals surface area contributed by atoms with E-state index in [-0.39, 0.29) is 12.5 Å². The molecule has 0 aliphatic carbocycles. The molecule has 132 valence electrons. The Labute approximate surface area is 147 Å². The van der Waals surface area contributed by atoms with Gasteiger partial charge in [0.2, 0.25) is 0 Å². The molecule has 2 aromatic carbocycles. The van der Waals surface area contributed by atoms with E-state index in [9.17, 15) is 9.59 Å². The van der Waals surface area contributed by atoms with E-state index in [1.807, 2.05) is 19.1 Å². The summed E-state index contributed by atoms with van der Waals surface area (Å²) >= 11 is 0. The highest BCUT2D eigenvalue weighted by Gasteiger charge is 2.23. The average Bonchev–Trinajstić information content (AvgIpc) is 2.58. The van der Waals surface area contributed by atoms with Gasteiger partial charge in [0, 0.05) is 0 Å². The number of carboxylic acid groups (broad SMARTS) is 1. The van der Waals surface area contributed by atoms with Gasteiger partial charge in [-0.2, -0.15) is 0 Å². The van der Waals surface area contributed by atoms with Crippen LogP contribution in [0.1, 0.15) is 19.4 Å². The zero-order chi connectivity index (χ0) is 18.4. The highest BCUT2D eigenvalue weighted by molar-refractivity contribution is 5.84. The van der Waals surface area contributed by atoms with E-state index in [2.05, 4.69) is 29.6 Å². The van der Waals surface area contributed by atoms with Crippen LogP contribution >= 0.6 is 0 Å². The number of hydrogen-bond acceptors (Lipinski definition) is 3. The molecule has 0 fully saturated rings. The molecule has 1 amide bonds. The van der Waals surface area contributed by atoms with Crippen molar-refractivity contribution >= 4 is 11.9 Å². The quantitative estimate of drug-likeness (QED) is 0.810. The molecule has 5 heteroatoms. The minimum Gasteiger partial charge on any atom is -0.484 e. The second kappa shape index (κ2) is 8.33. The third kappa shape index (κ3) is 5.35. The van der Waals surface area contributed by atoms with Crippen molar-refractivity contribution in [3.8, 4) is 16.9 Å². The number of benzene rings is 2. The summed E-state index contributed by atoms with van der Waals surface area (Å²) < 4.78 is 5.43. The van der Waals surface area contributed by atoms with Crippen molar-refractivity contribution in [2.24, 2.45) is 5.92 Å². The van der Waals surface area contributed by atoms with Crippen molar-refractivity contribution in [1.82, 2.24) is 5.32 Å². The van der Waals surface area contributed by atoms with E-state index in [0.717, 1.165) is 11.1 Å². The van der Waals surface area contributed by atoms with Crippen LogP contribution in [-0.4, -0.2) is 29.6 Å². The SMILES string of the molecule is Cc1ccc(-c2ccc(OCC(=O)N[C@@H](C(=O)O)C(C)C)cc2)cc1. The highest BCUT2D eigenvalue weighted by atomic mass is 16.5. The van der Waals surface area contributed by atoms with E-state index >= 15 is 0 Å². The van der Waals surface area contributed by atoms with Crippen LogP contribution < -0.4 is 10.1 Å². The molecular weight excluding hydrogens is 318 g/mol. The zero-order valence-electron chi connectivity index (χ0n) is 14.7. The van der Waals surface area contributed by atoms with Crippen LogP contribution in [0.4, 0.5) is 0 Å². The van der Waals surface area contributed by atoms with E-state index in [1.165, 1.54) is 5.56 Å².